The molecule has 0 aromatic heterocycles. The van der Waals surface area contributed by atoms with Crippen LogP contribution in [-0.2, 0) is 14.9 Å². The van der Waals surface area contributed by atoms with Gasteiger partial charge in [0.1, 0.15) is 0 Å². The molecule has 1 aliphatic rings. The van der Waals surface area contributed by atoms with Crippen molar-refractivity contribution in [2.45, 2.75) is 12.3 Å². The van der Waals surface area contributed by atoms with Crippen molar-refractivity contribution in [3.63, 3.8) is 0 Å². The minimum Gasteiger partial charge on any atom is -0.290 e. The molecule has 0 fully saturated rings. The highest BCUT2D eigenvalue weighted by Crippen LogP contribution is 2.45. The molecule has 0 heterocycles. The second-order valence-corrected chi connectivity index (χ2v) is 6.79. The first-order chi connectivity index (χ1) is 11.0. The van der Waals surface area contributed by atoms with E-state index in [0.29, 0.717) is 18.2 Å². The van der Waals surface area contributed by atoms with Crippen molar-refractivity contribution in [1.82, 2.24) is 4.89 Å². The summed E-state index contributed by atoms with van der Waals surface area (Å²) in [5.41, 5.74) is -2.13. The maximum atomic E-state index is 14.1. The average molecular weight is 390 g/mol. The number of rotatable bonds is 4. The van der Waals surface area contributed by atoms with Gasteiger partial charge >= 0.3 is 0 Å². The minimum absolute atomic E-state index is 0.392. The molecule has 0 amide bonds. The smallest absolute Gasteiger partial charge is 0.278 e. The lowest BCUT2D eigenvalue weighted by Gasteiger charge is -2.26. The summed E-state index contributed by atoms with van der Waals surface area (Å²) in [4.78, 5) is 5.00. The van der Waals surface area contributed by atoms with Gasteiger partial charge < -0.3 is 0 Å². The molecule has 1 aliphatic carbocycles. The largest absolute Gasteiger partial charge is 0.290 e. The summed E-state index contributed by atoms with van der Waals surface area (Å²) >= 11 is 5.59. The van der Waals surface area contributed by atoms with Crippen molar-refractivity contribution >= 4 is 27.2 Å². The molecule has 1 aromatic carbocycles. The highest BCUT2D eigenvalue weighted by Gasteiger charge is 2.43. The van der Waals surface area contributed by atoms with Crippen LogP contribution in [0.1, 0.15) is 12.0 Å². The van der Waals surface area contributed by atoms with Gasteiger partial charge in [-0.1, -0.05) is 16.5 Å². The number of halogens is 6. The predicted octanol–water partition coefficient (Wildman–Crippen LogP) is 3.46. The van der Waals surface area contributed by atoms with Crippen LogP contribution in [-0.4, -0.2) is 21.5 Å². The Bertz CT molecular complexity index is 851. The van der Waals surface area contributed by atoms with Gasteiger partial charge in [0.15, 0.2) is 17.5 Å². The molecule has 2 rings (SSSR count). The summed E-state index contributed by atoms with van der Waals surface area (Å²) < 4.78 is 92.2. The van der Waals surface area contributed by atoms with Crippen LogP contribution in [0, 0.1) is 17.5 Å². The normalized spacial score (nSPS) is 17.9. The maximum Gasteiger partial charge on any atom is 0.278 e. The molecule has 11 heteroatoms. The van der Waals surface area contributed by atoms with E-state index in [1.165, 1.54) is 0 Å². The first-order valence-electron chi connectivity index (χ1n) is 6.18. The molecule has 0 atom stereocenters. The number of alkyl halides is 2. The van der Waals surface area contributed by atoms with Gasteiger partial charge in [0.05, 0.1) is 18.4 Å². The molecule has 0 spiro atoms. The van der Waals surface area contributed by atoms with Crippen LogP contribution in [0.25, 0.3) is 5.57 Å². The monoisotopic (exact) mass is 389 g/mol. The molecule has 1 N–H and O–H groups in total. The molecule has 1 aromatic rings. The first-order valence-corrected chi connectivity index (χ1v) is 8.04. The molecule has 24 heavy (non-hydrogen) atoms. The molecule has 0 bridgehead atoms. The quantitative estimate of drug-likeness (QED) is 0.487. The molecule has 4 nitrogen and oxygen atoms in total. The standard InChI is InChI=1S/C13H9ClF5NO3S/c1-23-20-24(21,22)10-4-7(13(18,19)5-8(10)14)6-2-3-9(15)12(17)11(6)16/h2-4,20H,5H2,1H3. The second kappa shape index (κ2) is 6.43. The Hall–Kier alpha value is -1.49. The van der Waals surface area contributed by atoms with Crippen LogP contribution in [0.2, 0.25) is 0 Å². The third kappa shape index (κ3) is 3.32. The summed E-state index contributed by atoms with van der Waals surface area (Å²) in [5, 5.41) is -0.726. The summed E-state index contributed by atoms with van der Waals surface area (Å²) in [6.45, 7) is 0. The van der Waals surface area contributed by atoms with Crippen LogP contribution in [0.3, 0.4) is 0 Å². The van der Waals surface area contributed by atoms with Crippen LogP contribution in [0.5, 0.6) is 0 Å². The molecule has 0 aliphatic heterocycles. The van der Waals surface area contributed by atoms with Crippen molar-refractivity contribution in [2.24, 2.45) is 0 Å². The van der Waals surface area contributed by atoms with Gasteiger partial charge in [-0.05, 0) is 18.2 Å². The number of hydrogen-bond acceptors (Lipinski definition) is 3. The maximum absolute atomic E-state index is 14.1. The lowest BCUT2D eigenvalue weighted by molar-refractivity contribution is 0.0676. The lowest BCUT2D eigenvalue weighted by Crippen LogP contribution is -2.29. The Labute approximate surface area is 138 Å². The van der Waals surface area contributed by atoms with Crippen LogP contribution in [0.15, 0.2) is 28.1 Å². The number of sulfonamides is 1. The fourth-order valence-electron chi connectivity index (χ4n) is 2.08. The molecule has 132 valence electrons. The zero-order chi connectivity index (χ0) is 18.3. The van der Waals surface area contributed by atoms with Gasteiger partial charge in [0.25, 0.3) is 15.9 Å². The molecule has 0 saturated carbocycles. The summed E-state index contributed by atoms with van der Waals surface area (Å²) in [6, 6.07) is 1.03. The molecular weight excluding hydrogens is 381 g/mol. The number of benzene rings is 1. The summed E-state index contributed by atoms with van der Waals surface area (Å²) in [5.74, 6) is -9.19. The lowest BCUT2D eigenvalue weighted by atomic mass is 9.93. The van der Waals surface area contributed by atoms with E-state index in [9.17, 15) is 30.4 Å². The van der Waals surface area contributed by atoms with Crippen molar-refractivity contribution in [1.29, 1.82) is 0 Å². The SMILES string of the molecule is CONS(=O)(=O)C1=C(Cl)CC(F)(F)C(c2ccc(F)c(F)c2F)=C1. The second-order valence-electron chi connectivity index (χ2n) is 4.72. The fraction of sp³-hybridized carbons (Fsp3) is 0.231. The van der Waals surface area contributed by atoms with Gasteiger partial charge in [-0.2, -0.15) is 0 Å². The summed E-state index contributed by atoms with van der Waals surface area (Å²) in [7, 11) is -3.47. The Morgan fingerprint density at radius 3 is 2.42 bits per heavy atom. The topological polar surface area (TPSA) is 55.4 Å². The summed E-state index contributed by atoms with van der Waals surface area (Å²) in [6.07, 6.45) is -0.873. The predicted molar refractivity (Wildman–Crippen MR) is 75.8 cm³/mol. The van der Waals surface area contributed by atoms with Gasteiger partial charge in [-0.3, -0.25) is 4.84 Å². The van der Waals surface area contributed by atoms with Crippen molar-refractivity contribution in [2.75, 3.05) is 7.11 Å². The van der Waals surface area contributed by atoms with Crippen molar-refractivity contribution in [3.05, 3.63) is 51.2 Å². The van der Waals surface area contributed by atoms with E-state index in [2.05, 4.69) is 4.84 Å². The van der Waals surface area contributed by atoms with E-state index in [4.69, 9.17) is 11.6 Å². The van der Waals surface area contributed by atoms with Gasteiger partial charge in [-0.25, -0.2) is 30.4 Å². The van der Waals surface area contributed by atoms with E-state index in [-0.39, 0.29) is 0 Å². The Balaban J connectivity index is 2.69. The van der Waals surface area contributed by atoms with E-state index < -0.39 is 60.9 Å². The average Bonchev–Trinajstić information content (AvgIpc) is 2.45. The number of nitrogens with one attached hydrogen (secondary N) is 1. The van der Waals surface area contributed by atoms with Gasteiger partial charge in [0, 0.05) is 16.2 Å². The first kappa shape index (κ1) is 18.8. The Kier molecular flexibility index (Phi) is 5.05. The number of allylic oxidation sites excluding steroid dienone is 3. The van der Waals surface area contributed by atoms with Crippen LogP contribution in [0.4, 0.5) is 22.0 Å². The highest BCUT2D eigenvalue weighted by molar-refractivity contribution is 7.93. The third-order valence-electron chi connectivity index (χ3n) is 3.12. The Morgan fingerprint density at radius 1 is 1.21 bits per heavy atom. The molecular formula is C13H9ClF5NO3S. The van der Waals surface area contributed by atoms with E-state index >= 15 is 0 Å². The van der Waals surface area contributed by atoms with Crippen molar-refractivity contribution in [3.8, 4) is 0 Å². The van der Waals surface area contributed by atoms with E-state index in [0.717, 1.165) is 7.11 Å². The van der Waals surface area contributed by atoms with Crippen LogP contribution >= 0.6 is 11.6 Å². The Morgan fingerprint density at radius 2 is 1.83 bits per heavy atom. The minimum atomic E-state index is -4.43. The fourth-order valence-corrected chi connectivity index (χ4v) is 3.55. The zero-order valence-corrected chi connectivity index (χ0v) is 13.4. The van der Waals surface area contributed by atoms with Crippen molar-refractivity contribution < 1.29 is 35.2 Å². The zero-order valence-electron chi connectivity index (χ0n) is 11.8. The molecule has 0 unspecified atom stereocenters. The molecule has 0 saturated heterocycles. The third-order valence-corrected chi connectivity index (χ3v) is 4.90. The van der Waals surface area contributed by atoms with E-state index in [1.807, 2.05) is 0 Å². The van der Waals surface area contributed by atoms with Gasteiger partial charge in [0.2, 0.25) is 0 Å². The van der Waals surface area contributed by atoms with Crippen LogP contribution < -0.4 is 4.89 Å². The molecule has 0 radical (unpaired) electrons. The number of hydrogen-bond donors (Lipinski definition) is 1. The van der Waals surface area contributed by atoms with Gasteiger partial charge in [-0.15, -0.1) is 0 Å². The van der Waals surface area contributed by atoms with E-state index in [1.54, 1.807) is 4.89 Å². The highest BCUT2D eigenvalue weighted by atomic mass is 35.5.